The van der Waals surface area contributed by atoms with Gasteiger partial charge in [0, 0.05) is 11.6 Å². The van der Waals surface area contributed by atoms with E-state index >= 15 is 0 Å². The third-order valence-electron chi connectivity index (χ3n) is 4.60. The molecule has 1 aliphatic rings. The molecule has 0 atom stereocenters. The number of nitrogens with one attached hydrogen (secondary N) is 2. The van der Waals surface area contributed by atoms with Crippen molar-refractivity contribution in [3.63, 3.8) is 0 Å². The van der Waals surface area contributed by atoms with Crippen molar-refractivity contribution in [2.24, 2.45) is 0 Å². The number of aromatic nitrogens is 5. The van der Waals surface area contributed by atoms with Gasteiger partial charge >= 0.3 is 5.69 Å². The molecule has 5 rings (SSSR count). The Morgan fingerprint density at radius 2 is 2.13 bits per heavy atom. The molecule has 0 bridgehead atoms. The Bertz CT molecular complexity index is 1380. The molecule has 1 aliphatic heterocycles. The predicted octanol–water partition coefficient (Wildman–Crippen LogP) is 0.348. The van der Waals surface area contributed by atoms with Crippen molar-refractivity contribution in [1.29, 1.82) is 0 Å². The number of aromatic amines is 1. The second-order valence-electron chi connectivity index (χ2n) is 6.45. The first-order chi connectivity index (χ1) is 14.6. The van der Waals surface area contributed by atoms with E-state index in [1.165, 1.54) is 17.7 Å². The zero-order valence-electron chi connectivity index (χ0n) is 15.3. The minimum absolute atomic E-state index is 0.0178. The fraction of sp³-hybridized carbons (Fsp3) is 0.167. The maximum atomic E-state index is 12.8. The van der Waals surface area contributed by atoms with Gasteiger partial charge in [-0.3, -0.25) is 14.2 Å². The van der Waals surface area contributed by atoms with E-state index in [9.17, 15) is 14.4 Å². The Morgan fingerprint density at radius 1 is 1.27 bits per heavy atom. The highest BCUT2D eigenvalue weighted by atomic mass is 32.1. The average molecular weight is 426 g/mol. The molecule has 0 fully saturated rings. The molecule has 0 saturated carbocycles. The highest BCUT2D eigenvalue weighted by molar-refractivity contribution is 7.15. The Hall–Kier alpha value is -3.93. The summed E-state index contributed by atoms with van der Waals surface area (Å²) in [6.45, 7) is 0.263. The maximum Gasteiger partial charge on any atom is 0.328 e. The van der Waals surface area contributed by atoms with Crippen LogP contribution < -0.4 is 26.0 Å². The number of carbonyl (C=O) groups excluding carboxylic acids is 1. The molecular formula is C18H14N6O5S. The molecule has 1 amide bonds. The third-order valence-corrected chi connectivity index (χ3v) is 5.48. The zero-order valence-corrected chi connectivity index (χ0v) is 16.1. The summed E-state index contributed by atoms with van der Waals surface area (Å²) in [5.74, 6) is 0.541. The lowest BCUT2D eigenvalue weighted by Gasteiger charge is -2.08. The number of ether oxygens (including phenoxy) is 2. The van der Waals surface area contributed by atoms with Crippen molar-refractivity contribution in [3.05, 3.63) is 73.8 Å². The third kappa shape index (κ3) is 3.12. The average Bonchev–Trinajstić information content (AvgIpc) is 3.46. The van der Waals surface area contributed by atoms with E-state index in [0.717, 1.165) is 16.5 Å². The number of amides is 1. The van der Waals surface area contributed by atoms with Crippen LogP contribution in [-0.4, -0.2) is 36.8 Å². The van der Waals surface area contributed by atoms with E-state index in [1.807, 2.05) is 5.38 Å². The van der Waals surface area contributed by atoms with E-state index in [1.54, 1.807) is 22.7 Å². The van der Waals surface area contributed by atoms with Crippen molar-refractivity contribution in [3.8, 4) is 11.5 Å². The molecule has 152 valence electrons. The van der Waals surface area contributed by atoms with Crippen LogP contribution in [0.5, 0.6) is 11.5 Å². The van der Waals surface area contributed by atoms with Crippen LogP contribution in [0.2, 0.25) is 0 Å². The number of hydrogen-bond donors (Lipinski definition) is 2. The number of H-pyrrole nitrogens is 1. The lowest BCUT2D eigenvalue weighted by Crippen LogP contribution is -2.40. The van der Waals surface area contributed by atoms with Crippen LogP contribution in [0.15, 0.2) is 45.7 Å². The quantitative estimate of drug-likeness (QED) is 0.470. The van der Waals surface area contributed by atoms with Crippen molar-refractivity contribution >= 4 is 22.2 Å². The summed E-state index contributed by atoms with van der Waals surface area (Å²) >= 11 is 1.39. The van der Waals surface area contributed by atoms with E-state index in [-0.39, 0.29) is 25.4 Å². The van der Waals surface area contributed by atoms with E-state index in [0.29, 0.717) is 22.0 Å². The first kappa shape index (κ1) is 18.1. The van der Waals surface area contributed by atoms with Crippen LogP contribution in [0.4, 0.5) is 0 Å². The zero-order chi connectivity index (χ0) is 20.7. The van der Waals surface area contributed by atoms with Gasteiger partial charge in [-0.15, -0.1) is 11.3 Å². The van der Waals surface area contributed by atoms with Gasteiger partial charge in [-0.05, 0) is 17.7 Å². The van der Waals surface area contributed by atoms with Crippen molar-refractivity contribution in [1.82, 2.24) is 29.5 Å². The van der Waals surface area contributed by atoms with Crippen LogP contribution in [0.3, 0.4) is 0 Å². The summed E-state index contributed by atoms with van der Waals surface area (Å²) in [6, 6.07) is 5.13. The molecule has 4 aromatic rings. The summed E-state index contributed by atoms with van der Waals surface area (Å²) in [7, 11) is 0. The SMILES string of the molecule is O=C(NCc1csc2ncnn12)c1c[nH]c(=O)n(Cc2ccc3c(c2)OCO3)c1=O. The Morgan fingerprint density at radius 3 is 3.03 bits per heavy atom. The standard InChI is InChI=1S/C18H14N6O5S/c25-15(19-4-11-7-30-18-21-8-22-24(11)18)12-5-20-17(27)23(16(12)26)6-10-1-2-13-14(3-10)29-9-28-13/h1-3,5,7-8H,4,6,9H2,(H,19,25)(H,20,27). The van der Waals surface area contributed by atoms with Crippen molar-refractivity contribution < 1.29 is 14.3 Å². The first-order valence-electron chi connectivity index (χ1n) is 8.85. The molecule has 2 N–H and O–H groups in total. The minimum Gasteiger partial charge on any atom is -0.454 e. The Kier molecular flexibility index (Phi) is 4.32. The van der Waals surface area contributed by atoms with E-state index < -0.39 is 17.2 Å². The van der Waals surface area contributed by atoms with Crippen LogP contribution >= 0.6 is 11.3 Å². The lowest BCUT2D eigenvalue weighted by molar-refractivity contribution is 0.0947. The molecule has 0 saturated heterocycles. The molecular weight excluding hydrogens is 412 g/mol. The van der Waals surface area contributed by atoms with Crippen LogP contribution in [0.1, 0.15) is 21.6 Å². The fourth-order valence-electron chi connectivity index (χ4n) is 3.10. The molecule has 1 aromatic carbocycles. The van der Waals surface area contributed by atoms with Crippen molar-refractivity contribution in [2.45, 2.75) is 13.1 Å². The molecule has 0 spiro atoms. The van der Waals surface area contributed by atoms with Gasteiger partial charge in [0.15, 0.2) is 11.5 Å². The van der Waals surface area contributed by atoms with Gasteiger partial charge in [-0.2, -0.15) is 5.10 Å². The largest absolute Gasteiger partial charge is 0.454 e. The lowest BCUT2D eigenvalue weighted by atomic mass is 10.2. The number of hydrogen-bond acceptors (Lipinski definition) is 8. The molecule has 11 nitrogen and oxygen atoms in total. The van der Waals surface area contributed by atoms with Crippen molar-refractivity contribution in [2.75, 3.05) is 6.79 Å². The van der Waals surface area contributed by atoms with Crippen LogP contribution in [0, 0.1) is 0 Å². The van der Waals surface area contributed by atoms with Gasteiger partial charge in [0.05, 0.1) is 18.8 Å². The molecule has 12 heteroatoms. The molecule has 0 aliphatic carbocycles. The number of thiazole rings is 1. The number of rotatable bonds is 5. The summed E-state index contributed by atoms with van der Waals surface area (Å²) in [5, 5.41) is 8.57. The summed E-state index contributed by atoms with van der Waals surface area (Å²) in [6.07, 6.45) is 2.54. The second-order valence-corrected chi connectivity index (χ2v) is 7.29. The predicted molar refractivity (Wildman–Crippen MR) is 105 cm³/mol. The smallest absolute Gasteiger partial charge is 0.328 e. The van der Waals surface area contributed by atoms with Gasteiger partial charge in [-0.25, -0.2) is 14.3 Å². The van der Waals surface area contributed by atoms with Crippen LogP contribution in [0.25, 0.3) is 4.96 Å². The topological polar surface area (TPSA) is 133 Å². The fourth-order valence-corrected chi connectivity index (χ4v) is 3.90. The maximum absolute atomic E-state index is 12.8. The minimum atomic E-state index is -0.690. The normalized spacial score (nSPS) is 12.4. The number of benzene rings is 1. The van der Waals surface area contributed by atoms with E-state index in [4.69, 9.17) is 9.47 Å². The number of nitrogens with zero attached hydrogens (tertiary/aromatic N) is 4. The molecule has 0 radical (unpaired) electrons. The Balaban J connectivity index is 1.38. The molecule has 4 heterocycles. The summed E-state index contributed by atoms with van der Waals surface area (Å²) in [5.41, 5.74) is -0.0795. The Labute approximate surface area is 171 Å². The van der Waals surface area contributed by atoms with Gasteiger partial charge in [0.1, 0.15) is 11.9 Å². The van der Waals surface area contributed by atoms with E-state index in [2.05, 4.69) is 20.4 Å². The highest BCUT2D eigenvalue weighted by Gasteiger charge is 2.18. The highest BCUT2D eigenvalue weighted by Crippen LogP contribution is 2.32. The summed E-state index contributed by atoms with van der Waals surface area (Å²) in [4.78, 5) is 44.8. The van der Waals surface area contributed by atoms with Gasteiger partial charge in [0.25, 0.3) is 11.5 Å². The van der Waals surface area contributed by atoms with Crippen LogP contribution in [-0.2, 0) is 13.1 Å². The monoisotopic (exact) mass is 426 g/mol. The summed E-state index contributed by atoms with van der Waals surface area (Å²) < 4.78 is 13.2. The van der Waals surface area contributed by atoms with Gasteiger partial charge in [-0.1, -0.05) is 6.07 Å². The van der Waals surface area contributed by atoms with Gasteiger partial charge < -0.3 is 19.8 Å². The molecule has 0 unspecified atom stereocenters. The molecule has 3 aromatic heterocycles. The second kappa shape index (κ2) is 7.15. The first-order valence-corrected chi connectivity index (χ1v) is 9.73. The number of fused-ring (bicyclic) bond motifs is 2. The number of carbonyl (C=O) groups is 1. The molecule has 30 heavy (non-hydrogen) atoms. The van der Waals surface area contributed by atoms with Gasteiger partial charge in [0.2, 0.25) is 11.8 Å².